The number of nitrogens with one attached hydrogen (secondary N) is 2. The first kappa shape index (κ1) is 34.7. The van der Waals surface area contributed by atoms with Gasteiger partial charge in [-0.1, -0.05) is 76.3 Å². The first-order chi connectivity index (χ1) is 20.4. The Morgan fingerprint density at radius 3 is 2.40 bits per heavy atom. The molecule has 9 heteroatoms. The Morgan fingerprint density at radius 1 is 1.02 bits per heavy atom. The first-order valence-corrected chi connectivity index (χ1v) is 17.7. The third kappa shape index (κ3) is 12.0. The highest BCUT2D eigenvalue weighted by molar-refractivity contribution is 7.90. The zero-order valence-electron chi connectivity index (χ0n) is 26.2. The van der Waals surface area contributed by atoms with Gasteiger partial charge in [-0.15, -0.1) is 0 Å². The fourth-order valence-electron chi connectivity index (χ4n) is 5.66. The van der Waals surface area contributed by atoms with Gasteiger partial charge < -0.3 is 20.5 Å². The summed E-state index contributed by atoms with van der Waals surface area (Å²) in [6.45, 7) is 8.41. The molecule has 3 N–H and O–H groups in total. The number of rotatable bonds is 17. The van der Waals surface area contributed by atoms with Crippen LogP contribution in [-0.2, 0) is 25.9 Å². The van der Waals surface area contributed by atoms with Crippen molar-refractivity contribution in [2.75, 3.05) is 25.2 Å². The molecule has 1 amide bonds. The summed E-state index contributed by atoms with van der Waals surface area (Å²) in [5.74, 6) is -0.839. The van der Waals surface area contributed by atoms with Crippen LogP contribution in [0, 0.1) is 18.8 Å². The summed E-state index contributed by atoms with van der Waals surface area (Å²) in [5.41, 5.74) is 3.94. The van der Waals surface area contributed by atoms with E-state index in [1.165, 1.54) is 32.1 Å². The maximum Gasteiger partial charge on any atom is 0.326 e. The maximum absolute atomic E-state index is 13.4. The molecule has 8 nitrogen and oxygen atoms in total. The van der Waals surface area contributed by atoms with E-state index in [4.69, 9.17) is 4.74 Å². The van der Waals surface area contributed by atoms with Crippen LogP contribution in [0.5, 0.6) is 0 Å². The van der Waals surface area contributed by atoms with E-state index < -0.39 is 27.8 Å². The molecule has 3 rings (SSSR count). The molecule has 0 spiro atoms. The highest BCUT2D eigenvalue weighted by atomic mass is 32.2. The molecule has 0 aromatic heterocycles. The summed E-state index contributed by atoms with van der Waals surface area (Å²) in [6, 6.07) is 12.3. The maximum atomic E-state index is 13.4. The van der Waals surface area contributed by atoms with Gasteiger partial charge in [-0.3, -0.25) is 4.79 Å². The van der Waals surface area contributed by atoms with E-state index in [0.717, 1.165) is 42.4 Å². The van der Waals surface area contributed by atoms with Crippen LogP contribution in [0.15, 0.2) is 42.5 Å². The minimum atomic E-state index is -3.38. The predicted molar refractivity (Wildman–Crippen MR) is 172 cm³/mol. The lowest BCUT2D eigenvalue weighted by Gasteiger charge is -2.27. The van der Waals surface area contributed by atoms with E-state index in [0.29, 0.717) is 36.1 Å². The molecule has 1 saturated carbocycles. The third-order valence-corrected chi connectivity index (χ3v) is 9.22. The number of carboxylic acids is 1. The van der Waals surface area contributed by atoms with E-state index in [-0.39, 0.29) is 18.2 Å². The Bertz CT molecular complexity index is 1300. The molecule has 1 fully saturated rings. The number of carbonyl (C=O) groups is 2. The average molecular weight is 615 g/mol. The van der Waals surface area contributed by atoms with Crippen molar-refractivity contribution in [2.45, 2.75) is 90.8 Å². The van der Waals surface area contributed by atoms with Gasteiger partial charge in [-0.05, 0) is 72.4 Å². The Hall–Kier alpha value is -2.75. The van der Waals surface area contributed by atoms with Crippen molar-refractivity contribution in [3.63, 3.8) is 0 Å². The molecule has 0 unspecified atom stereocenters. The molecule has 0 aliphatic heterocycles. The number of aliphatic carboxylic acids is 1. The Labute approximate surface area is 257 Å². The molecular formula is C34H50N2O6S. The van der Waals surface area contributed by atoms with E-state index in [1.807, 2.05) is 43.3 Å². The molecular weight excluding hydrogens is 564 g/mol. The van der Waals surface area contributed by atoms with Gasteiger partial charge in [0.1, 0.15) is 15.9 Å². The van der Waals surface area contributed by atoms with E-state index in [9.17, 15) is 23.1 Å². The second-order valence-corrected chi connectivity index (χ2v) is 14.8. The third-order valence-electron chi connectivity index (χ3n) is 8.24. The van der Waals surface area contributed by atoms with Crippen LogP contribution in [0.3, 0.4) is 0 Å². The lowest BCUT2D eigenvalue weighted by Crippen LogP contribution is -2.42. The molecule has 43 heavy (non-hydrogen) atoms. The van der Waals surface area contributed by atoms with Gasteiger partial charge in [0.05, 0.1) is 12.4 Å². The molecule has 2 aromatic carbocycles. The summed E-state index contributed by atoms with van der Waals surface area (Å²) in [6.07, 6.45) is 9.43. The van der Waals surface area contributed by atoms with Crippen LogP contribution in [0.1, 0.15) is 86.7 Å². The predicted octanol–water partition coefficient (Wildman–Crippen LogP) is 5.77. The lowest BCUT2D eigenvalue weighted by atomic mass is 9.85. The fraction of sp³-hybridized carbons (Fsp3) is 0.588. The van der Waals surface area contributed by atoms with Crippen molar-refractivity contribution >= 4 is 21.7 Å². The largest absolute Gasteiger partial charge is 0.480 e. The molecule has 0 radical (unpaired) electrons. The highest BCUT2D eigenvalue weighted by Crippen LogP contribution is 2.30. The Kier molecular flexibility index (Phi) is 13.7. The quantitative estimate of drug-likeness (QED) is 0.193. The van der Waals surface area contributed by atoms with Crippen molar-refractivity contribution in [2.24, 2.45) is 11.8 Å². The van der Waals surface area contributed by atoms with Crippen LogP contribution in [0.2, 0.25) is 0 Å². The van der Waals surface area contributed by atoms with Gasteiger partial charge in [0.25, 0.3) is 5.91 Å². The Balaban J connectivity index is 1.81. The smallest absolute Gasteiger partial charge is 0.326 e. The highest BCUT2D eigenvalue weighted by Gasteiger charge is 2.25. The van der Waals surface area contributed by atoms with Crippen LogP contribution < -0.4 is 10.6 Å². The summed E-state index contributed by atoms with van der Waals surface area (Å²) < 4.78 is 29.4. The fourth-order valence-corrected chi connectivity index (χ4v) is 6.33. The monoisotopic (exact) mass is 614 g/mol. The van der Waals surface area contributed by atoms with Crippen LogP contribution in [-0.4, -0.2) is 62.7 Å². The van der Waals surface area contributed by atoms with Gasteiger partial charge >= 0.3 is 5.97 Å². The zero-order valence-corrected chi connectivity index (χ0v) is 27.0. The zero-order chi connectivity index (χ0) is 31.4. The van der Waals surface area contributed by atoms with Crippen LogP contribution in [0.4, 0.5) is 0 Å². The van der Waals surface area contributed by atoms with Gasteiger partial charge in [-0.2, -0.15) is 0 Å². The van der Waals surface area contributed by atoms with Crippen molar-refractivity contribution in [3.05, 3.63) is 59.2 Å². The molecule has 2 aromatic rings. The van der Waals surface area contributed by atoms with Gasteiger partial charge in [0, 0.05) is 31.0 Å². The summed E-state index contributed by atoms with van der Waals surface area (Å²) >= 11 is 0. The number of carbonyl (C=O) groups excluding carboxylic acids is 1. The Morgan fingerprint density at radius 2 is 1.74 bits per heavy atom. The first-order valence-electron chi connectivity index (χ1n) is 15.6. The number of aryl methyl sites for hydroxylation is 1. The molecule has 1 aliphatic rings. The number of carboxylic acid groups (broad SMARTS) is 1. The SMILES string of the molecule is Cc1ccccc1-c1cc(CN[C@@H](COCCC(C)C)CC2CCCCC2)ccc1C(=O)N[C@@H](CCS(C)(=O)=O)C(=O)O. The lowest BCUT2D eigenvalue weighted by molar-refractivity contribution is -0.139. The molecule has 1 aliphatic carbocycles. The molecule has 0 heterocycles. The molecule has 2 atom stereocenters. The summed E-state index contributed by atoms with van der Waals surface area (Å²) in [4.78, 5) is 25.3. The van der Waals surface area contributed by atoms with E-state index in [2.05, 4.69) is 24.5 Å². The normalized spacial score (nSPS) is 15.7. The number of hydrogen-bond donors (Lipinski definition) is 3. The van der Waals surface area contributed by atoms with Crippen molar-refractivity contribution in [1.82, 2.24) is 10.6 Å². The minimum Gasteiger partial charge on any atom is -0.480 e. The topological polar surface area (TPSA) is 122 Å². The van der Waals surface area contributed by atoms with Gasteiger partial charge in [-0.25, -0.2) is 13.2 Å². The van der Waals surface area contributed by atoms with Crippen LogP contribution in [0.25, 0.3) is 11.1 Å². The minimum absolute atomic E-state index is 0.205. The van der Waals surface area contributed by atoms with E-state index >= 15 is 0 Å². The van der Waals surface area contributed by atoms with Gasteiger partial charge in [0.2, 0.25) is 0 Å². The summed E-state index contributed by atoms with van der Waals surface area (Å²) in [5, 5.41) is 15.9. The second-order valence-electron chi connectivity index (χ2n) is 12.6. The molecule has 238 valence electrons. The van der Waals surface area contributed by atoms with Crippen molar-refractivity contribution in [1.29, 1.82) is 0 Å². The summed E-state index contributed by atoms with van der Waals surface area (Å²) in [7, 11) is -3.38. The average Bonchev–Trinajstić information content (AvgIpc) is 2.96. The number of hydrogen-bond acceptors (Lipinski definition) is 6. The second kappa shape index (κ2) is 16.9. The number of ether oxygens (including phenoxy) is 1. The number of amides is 1. The number of benzene rings is 2. The van der Waals surface area contributed by atoms with E-state index in [1.54, 1.807) is 6.07 Å². The number of sulfone groups is 1. The van der Waals surface area contributed by atoms with Gasteiger partial charge in [0.15, 0.2) is 0 Å². The van der Waals surface area contributed by atoms with Crippen LogP contribution >= 0.6 is 0 Å². The standard InChI is InChI=1S/C34H50N2O6S/c1-24(2)16-18-42-23-28(20-26-11-6-5-7-12-26)35-22-27-14-15-30(31(21-27)29-13-9-8-10-25(29)3)33(37)36-32(34(38)39)17-19-43(4,40)41/h8-10,13-15,21,24,26,28,32,35H,5-7,11-12,16-20,22-23H2,1-4H3,(H,36,37)(H,38,39)/t28-,32+/m1/s1. The van der Waals surface area contributed by atoms with Crippen molar-refractivity contribution in [3.8, 4) is 11.1 Å². The molecule has 0 saturated heterocycles. The molecule has 0 bridgehead atoms. The van der Waals surface area contributed by atoms with Crippen molar-refractivity contribution < 1.29 is 27.9 Å².